The molecule has 1 aliphatic rings. The number of aromatic hydroxyl groups is 2. The van der Waals surface area contributed by atoms with Gasteiger partial charge in [0.25, 0.3) is 0 Å². The van der Waals surface area contributed by atoms with Crippen LogP contribution in [0.2, 0.25) is 0 Å². The van der Waals surface area contributed by atoms with Crippen LogP contribution in [0.1, 0.15) is 121 Å². The van der Waals surface area contributed by atoms with E-state index in [0.29, 0.717) is 11.5 Å². The first-order valence-electron chi connectivity index (χ1n) is 14.9. The maximum absolute atomic E-state index is 11.2. The van der Waals surface area contributed by atoms with Crippen LogP contribution in [0.4, 0.5) is 0 Å². The molecule has 8 nitrogen and oxygen atoms in total. The summed E-state index contributed by atoms with van der Waals surface area (Å²) in [6.07, 6.45) is 7.89. The van der Waals surface area contributed by atoms with Gasteiger partial charge in [0.15, 0.2) is 0 Å². The van der Waals surface area contributed by atoms with Crippen molar-refractivity contribution in [1.29, 1.82) is 0 Å². The van der Waals surface area contributed by atoms with Crippen LogP contribution < -0.4 is 0 Å². The third kappa shape index (κ3) is 10.8. The van der Waals surface area contributed by atoms with Crippen molar-refractivity contribution in [1.82, 2.24) is 0 Å². The van der Waals surface area contributed by atoms with Crippen LogP contribution in [-0.4, -0.2) is 56.9 Å². The number of rotatable bonds is 4. The van der Waals surface area contributed by atoms with Gasteiger partial charge < -0.3 is 20.4 Å². The molecule has 44 heavy (non-hydrogen) atoms. The number of benzene rings is 2. The van der Waals surface area contributed by atoms with Crippen LogP contribution in [0, 0.1) is 6.92 Å². The van der Waals surface area contributed by atoms with E-state index in [9.17, 15) is 10.2 Å². The number of aliphatic imine (C=N–C) groups is 2. The topological polar surface area (TPSA) is 140 Å². The molecule has 0 aliphatic heterocycles. The second-order valence-electron chi connectivity index (χ2n) is 14.5. The Kier molecular flexibility index (Phi) is 13.4. The number of aliphatic carboxylic acids is 2. The number of carbonyl (C=O) groups is 2. The van der Waals surface area contributed by atoms with Crippen LogP contribution in [0.15, 0.2) is 34.3 Å². The molecule has 1 saturated carbocycles. The average Bonchev–Trinajstić information content (AvgIpc) is 2.87. The number of carboxylic acid groups (broad SMARTS) is 2. The minimum atomic E-state index is -1.82. The van der Waals surface area contributed by atoms with Gasteiger partial charge in [-0.1, -0.05) is 87.3 Å². The van der Waals surface area contributed by atoms with Crippen LogP contribution in [0.3, 0.4) is 0 Å². The smallest absolute Gasteiger partial charge is 0.414 e. The molecule has 3 rings (SSSR count). The summed E-state index contributed by atoms with van der Waals surface area (Å²) in [4.78, 5) is 28.1. The molecule has 2 atom stereocenters. The number of hydrogen-bond acceptors (Lipinski definition) is 6. The van der Waals surface area contributed by atoms with Crippen LogP contribution in [0.5, 0.6) is 11.5 Å². The Bertz CT molecular complexity index is 1370. The fourth-order valence-corrected chi connectivity index (χ4v) is 5.03. The molecule has 0 saturated heterocycles. The van der Waals surface area contributed by atoms with Crippen molar-refractivity contribution in [3.63, 3.8) is 0 Å². The van der Waals surface area contributed by atoms with Crippen molar-refractivity contribution in [3.05, 3.63) is 57.6 Å². The zero-order valence-electron chi connectivity index (χ0n) is 27.8. The number of hydrogen-bond donors (Lipinski definition) is 4. The summed E-state index contributed by atoms with van der Waals surface area (Å²) in [6, 6.07) is 8.38. The first-order chi connectivity index (χ1) is 19.6. The average molecular weight is 654 g/mol. The molecule has 1 radical (unpaired) electrons. The van der Waals surface area contributed by atoms with E-state index in [0.717, 1.165) is 53.5 Å². The van der Waals surface area contributed by atoms with E-state index in [1.807, 2.05) is 18.5 Å². The van der Waals surface area contributed by atoms with E-state index < -0.39 is 11.9 Å². The largest absolute Gasteiger partial charge is 0.507 e. The summed E-state index contributed by atoms with van der Waals surface area (Å²) in [7, 11) is 0. The van der Waals surface area contributed by atoms with Gasteiger partial charge in [-0.25, -0.2) is 9.59 Å². The number of phenolic OH excluding ortho intramolecular Hbond substituents is 2. The fraction of sp³-hybridized carbons (Fsp3) is 0.543. The van der Waals surface area contributed by atoms with Gasteiger partial charge in [-0.3, -0.25) is 9.98 Å². The number of phenols is 2. The molecule has 0 heterocycles. The molecule has 1 fully saturated rings. The third-order valence-electron chi connectivity index (χ3n) is 7.59. The van der Waals surface area contributed by atoms with E-state index in [4.69, 9.17) is 29.8 Å². The first kappa shape index (κ1) is 38.9. The molecular formula is C35H50CoN2O6. The quantitative estimate of drug-likeness (QED) is 0.202. The van der Waals surface area contributed by atoms with Crippen LogP contribution in [-0.2, 0) is 42.6 Å². The van der Waals surface area contributed by atoms with Crippen molar-refractivity contribution in [2.75, 3.05) is 0 Å². The predicted molar refractivity (Wildman–Crippen MR) is 174 cm³/mol. The molecule has 0 spiro atoms. The molecule has 0 bridgehead atoms. The summed E-state index contributed by atoms with van der Waals surface area (Å²) in [5, 5.41) is 36.9. The van der Waals surface area contributed by atoms with Gasteiger partial charge in [-0.05, 0) is 59.3 Å². The van der Waals surface area contributed by atoms with E-state index >= 15 is 0 Å². The summed E-state index contributed by atoms with van der Waals surface area (Å²) < 4.78 is 0. The number of nitrogens with zero attached hydrogens (tertiary/aromatic N) is 2. The Hall–Kier alpha value is -3.17. The van der Waals surface area contributed by atoms with Crippen LogP contribution >= 0.6 is 0 Å². The molecule has 2 unspecified atom stereocenters. The second-order valence-corrected chi connectivity index (χ2v) is 14.5. The molecule has 2 aromatic rings. The van der Waals surface area contributed by atoms with Crippen molar-refractivity contribution in [2.45, 2.75) is 123 Å². The Labute approximate surface area is 272 Å². The SMILES string of the molecule is Cc1cc(C=NC2CCCCC2N=Cc2cc(C(C)(C)C)cc(C(C)(C)C)c2O)c(O)c(C(C)(C)C)c1.O=C(O)C(=O)O.[Co]. The summed E-state index contributed by atoms with van der Waals surface area (Å²) >= 11 is 0. The molecule has 9 heteroatoms. The van der Waals surface area contributed by atoms with Crippen molar-refractivity contribution < 1.29 is 46.8 Å². The van der Waals surface area contributed by atoms with Gasteiger partial charge in [0.2, 0.25) is 0 Å². The summed E-state index contributed by atoms with van der Waals surface area (Å²) in [5.74, 6) is -3.01. The van der Waals surface area contributed by atoms with E-state index in [1.165, 1.54) is 5.56 Å². The Morgan fingerprint density at radius 1 is 0.682 bits per heavy atom. The zero-order chi connectivity index (χ0) is 32.9. The second kappa shape index (κ2) is 15.2. The molecule has 2 aromatic carbocycles. The van der Waals surface area contributed by atoms with Crippen molar-refractivity contribution in [3.8, 4) is 11.5 Å². The van der Waals surface area contributed by atoms with Crippen LogP contribution in [0.25, 0.3) is 0 Å². The van der Waals surface area contributed by atoms with Gasteiger partial charge in [0.1, 0.15) is 11.5 Å². The molecule has 0 aromatic heterocycles. The minimum absolute atomic E-state index is 0. The van der Waals surface area contributed by atoms with Gasteiger partial charge in [-0.2, -0.15) is 0 Å². The van der Waals surface area contributed by atoms with E-state index in [1.54, 1.807) is 0 Å². The van der Waals surface area contributed by atoms with Gasteiger partial charge >= 0.3 is 11.9 Å². The molecule has 0 amide bonds. The molecule has 245 valence electrons. The van der Waals surface area contributed by atoms with Crippen molar-refractivity contribution >= 4 is 24.4 Å². The standard InChI is InChI=1S/C33H48N2O2.C2H2O4.Co/c1-21-15-22(29(36)25(16-21)32(5,6)7)19-34-27-13-11-12-14-28(27)35-20-23-17-24(31(2,3)4)18-26(30(23)37)33(8,9)10;3-1(4)2(5)6;/h15-20,27-28,36-37H,11-14H2,1-10H3;(H,3,4)(H,5,6);. The third-order valence-corrected chi connectivity index (χ3v) is 7.59. The fourth-order valence-electron chi connectivity index (χ4n) is 5.03. The van der Waals surface area contributed by atoms with Crippen molar-refractivity contribution in [2.24, 2.45) is 9.98 Å². The van der Waals surface area contributed by atoms with E-state index in [-0.39, 0.29) is 45.1 Å². The van der Waals surface area contributed by atoms with Gasteiger partial charge in [0.05, 0.1) is 12.1 Å². The van der Waals surface area contributed by atoms with E-state index in [2.05, 4.69) is 87.4 Å². The maximum Gasteiger partial charge on any atom is 0.414 e. The molecule has 1 aliphatic carbocycles. The van der Waals surface area contributed by atoms with Gasteiger partial charge in [0, 0.05) is 51.5 Å². The summed E-state index contributed by atoms with van der Waals surface area (Å²) in [5.41, 5.74) is 5.39. The summed E-state index contributed by atoms with van der Waals surface area (Å²) in [6.45, 7) is 21.4. The Balaban J connectivity index is 0.00000125. The molecular weight excluding hydrogens is 603 g/mol. The molecule has 4 N–H and O–H groups in total. The monoisotopic (exact) mass is 653 g/mol. The zero-order valence-corrected chi connectivity index (χ0v) is 28.8. The Morgan fingerprint density at radius 3 is 1.43 bits per heavy atom. The normalized spacial score (nSPS) is 17.6. The Morgan fingerprint density at radius 2 is 1.07 bits per heavy atom. The predicted octanol–water partition coefficient (Wildman–Crippen LogP) is 7.30. The minimum Gasteiger partial charge on any atom is -0.507 e. The number of carboxylic acids is 2. The van der Waals surface area contributed by atoms with Gasteiger partial charge in [-0.15, -0.1) is 0 Å². The number of aryl methyl sites for hydroxylation is 1. The first-order valence-corrected chi connectivity index (χ1v) is 14.9. The maximum atomic E-state index is 11.2.